The molecule has 3 nitrogen and oxygen atoms in total. The van der Waals surface area contributed by atoms with Crippen molar-refractivity contribution in [3.8, 4) is 0 Å². The van der Waals surface area contributed by atoms with Crippen LogP contribution in [0.15, 0.2) is 54.6 Å². The molecular weight excluding hydrogens is 279 g/mol. The maximum absolute atomic E-state index is 14.1. The fourth-order valence-corrected chi connectivity index (χ4v) is 2.61. The van der Waals surface area contributed by atoms with E-state index in [0.29, 0.717) is 25.1 Å². The molecule has 0 aromatic heterocycles. The maximum Gasteiger partial charge on any atom is 0.226 e. The van der Waals surface area contributed by atoms with E-state index < -0.39 is 0 Å². The number of hydrogen-bond acceptors (Lipinski definition) is 2. The highest BCUT2D eigenvalue weighted by atomic mass is 19.1. The third kappa shape index (κ3) is 3.34. The lowest BCUT2D eigenvalue weighted by Crippen LogP contribution is -2.51. The van der Waals surface area contributed by atoms with Gasteiger partial charge in [0.15, 0.2) is 0 Å². The molecule has 0 saturated carbocycles. The van der Waals surface area contributed by atoms with Gasteiger partial charge in [-0.2, -0.15) is 0 Å². The van der Waals surface area contributed by atoms with Crippen LogP contribution in [0.1, 0.15) is 17.2 Å². The number of rotatable bonds is 5. The molecule has 1 unspecified atom stereocenters. The van der Waals surface area contributed by atoms with Crippen LogP contribution in [0.4, 0.5) is 4.39 Å². The van der Waals surface area contributed by atoms with Crippen LogP contribution >= 0.6 is 0 Å². The highest BCUT2D eigenvalue weighted by molar-refractivity contribution is 5.80. The highest BCUT2D eigenvalue weighted by Crippen LogP contribution is 2.22. The molecule has 2 aromatic carbocycles. The smallest absolute Gasteiger partial charge is 0.226 e. The molecule has 0 aliphatic carbocycles. The Labute approximate surface area is 129 Å². The summed E-state index contributed by atoms with van der Waals surface area (Å²) in [5.41, 5.74) is 1.61. The molecule has 22 heavy (non-hydrogen) atoms. The first kappa shape index (κ1) is 14.7. The first-order valence-electron chi connectivity index (χ1n) is 7.53. The molecule has 1 saturated heterocycles. The minimum absolute atomic E-state index is 0.00922. The van der Waals surface area contributed by atoms with Crippen molar-refractivity contribution in [3.63, 3.8) is 0 Å². The van der Waals surface area contributed by atoms with E-state index >= 15 is 0 Å². The molecule has 2 aromatic rings. The quantitative estimate of drug-likeness (QED) is 0.890. The number of hydrogen-bond donors (Lipinski definition) is 2. The SMILES string of the molecule is O=C(NC(Cc1ccccc1)c1ccccc1F)C1CNC1. The molecule has 1 atom stereocenters. The first-order chi connectivity index (χ1) is 10.7. The topological polar surface area (TPSA) is 41.1 Å². The number of benzene rings is 2. The molecule has 3 rings (SSSR count). The van der Waals surface area contributed by atoms with Crippen LogP contribution in [0.2, 0.25) is 0 Å². The second-order valence-electron chi connectivity index (χ2n) is 5.63. The maximum atomic E-state index is 14.1. The zero-order chi connectivity index (χ0) is 15.4. The van der Waals surface area contributed by atoms with Crippen molar-refractivity contribution in [1.29, 1.82) is 0 Å². The fraction of sp³-hybridized carbons (Fsp3) is 0.278. The van der Waals surface area contributed by atoms with Gasteiger partial charge in [0, 0.05) is 18.7 Å². The van der Waals surface area contributed by atoms with E-state index in [9.17, 15) is 9.18 Å². The van der Waals surface area contributed by atoms with Crippen LogP contribution in [0.5, 0.6) is 0 Å². The second kappa shape index (κ2) is 6.71. The number of nitrogens with one attached hydrogen (secondary N) is 2. The molecule has 2 N–H and O–H groups in total. The van der Waals surface area contributed by atoms with Gasteiger partial charge in [0.1, 0.15) is 5.82 Å². The largest absolute Gasteiger partial charge is 0.349 e. The Morgan fingerprint density at radius 3 is 2.45 bits per heavy atom. The molecule has 4 heteroatoms. The predicted molar refractivity (Wildman–Crippen MR) is 83.8 cm³/mol. The lowest BCUT2D eigenvalue weighted by Gasteiger charge is -2.29. The Morgan fingerprint density at radius 1 is 1.14 bits per heavy atom. The van der Waals surface area contributed by atoms with Crippen LogP contribution in [-0.4, -0.2) is 19.0 Å². The van der Waals surface area contributed by atoms with Crippen LogP contribution in [0.25, 0.3) is 0 Å². The summed E-state index contributed by atoms with van der Waals surface area (Å²) in [4.78, 5) is 12.2. The zero-order valence-corrected chi connectivity index (χ0v) is 12.3. The Morgan fingerprint density at radius 2 is 1.82 bits per heavy atom. The normalized spacial score (nSPS) is 15.9. The van der Waals surface area contributed by atoms with Gasteiger partial charge in [0.05, 0.1) is 12.0 Å². The van der Waals surface area contributed by atoms with E-state index in [0.717, 1.165) is 5.56 Å². The van der Waals surface area contributed by atoms with Gasteiger partial charge >= 0.3 is 0 Å². The third-order valence-electron chi connectivity index (χ3n) is 4.03. The van der Waals surface area contributed by atoms with Gasteiger partial charge < -0.3 is 10.6 Å². The lowest BCUT2D eigenvalue weighted by molar-refractivity contribution is -0.127. The summed E-state index contributed by atoms with van der Waals surface area (Å²) in [5.74, 6) is -0.302. The van der Waals surface area contributed by atoms with Gasteiger partial charge in [-0.05, 0) is 18.1 Å². The number of halogens is 1. The molecule has 1 amide bonds. The Bertz CT molecular complexity index is 641. The Hall–Kier alpha value is -2.20. The third-order valence-corrected chi connectivity index (χ3v) is 4.03. The van der Waals surface area contributed by atoms with Crippen LogP contribution in [0.3, 0.4) is 0 Å². The van der Waals surface area contributed by atoms with Crippen molar-refractivity contribution in [3.05, 3.63) is 71.5 Å². The zero-order valence-electron chi connectivity index (χ0n) is 12.3. The summed E-state index contributed by atoms with van der Waals surface area (Å²) in [6, 6.07) is 16.1. The van der Waals surface area contributed by atoms with Gasteiger partial charge in [0.25, 0.3) is 0 Å². The van der Waals surface area contributed by atoms with Gasteiger partial charge in [-0.3, -0.25) is 4.79 Å². The molecule has 0 bridgehead atoms. The minimum Gasteiger partial charge on any atom is -0.349 e. The van der Waals surface area contributed by atoms with Crippen LogP contribution in [0, 0.1) is 11.7 Å². The number of carbonyl (C=O) groups is 1. The summed E-state index contributed by atoms with van der Waals surface area (Å²) in [7, 11) is 0. The minimum atomic E-state index is -0.350. The number of amides is 1. The van der Waals surface area contributed by atoms with Crippen LogP contribution in [-0.2, 0) is 11.2 Å². The van der Waals surface area contributed by atoms with Crippen molar-refractivity contribution in [2.24, 2.45) is 5.92 Å². The van der Waals surface area contributed by atoms with E-state index in [1.807, 2.05) is 30.3 Å². The van der Waals surface area contributed by atoms with Gasteiger partial charge in [-0.15, -0.1) is 0 Å². The van der Waals surface area contributed by atoms with Gasteiger partial charge in [-0.25, -0.2) is 4.39 Å². The summed E-state index contributed by atoms with van der Waals surface area (Å²) in [6.45, 7) is 1.39. The molecule has 114 valence electrons. The average molecular weight is 298 g/mol. The van der Waals surface area contributed by atoms with Gasteiger partial charge in [0.2, 0.25) is 5.91 Å². The predicted octanol–water partition coefficient (Wildman–Crippen LogP) is 2.45. The van der Waals surface area contributed by atoms with Crippen molar-refractivity contribution in [2.75, 3.05) is 13.1 Å². The van der Waals surface area contributed by atoms with E-state index in [1.54, 1.807) is 18.2 Å². The molecule has 0 spiro atoms. The van der Waals surface area contributed by atoms with E-state index in [2.05, 4.69) is 10.6 Å². The van der Waals surface area contributed by atoms with E-state index in [1.165, 1.54) is 6.07 Å². The standard InChI is InChI=1S/C18H19FN2O/c19-16-9-5-4-8-15(16)17(10-13-6-2-1-3-7-13)21-18(22)14-11-20-12-14/h1-9,14,17,20H,10-12H2,(H,21,22). The molecule has 1 aliphatic rings. The summed E-state index contributed by atoms with van der Waals surface area (Å²) < 4.78 is 14.1. The van der Waals surface area contributed by atoms with E-state index in [4.69, 9.17) is 0 Å². The first-order valence-corrected chi connectivity index (χ1v) is 7.53. The van der Waals surface area contributed by atoms with Crippen molar-refractivity contribution >= 4 is 5.91 Å². The molecule has 1 fully saturated rings. The monoisotopic (exact) mass is 298 g/mol. The lowest BCUT2D eigenvalue weighted by atomic mass is 9.96. The van der Waals surface area contributed by atoms with E-state index in [-0.39, 0.29) is 23.7 Å². The van der Waals surface area contributed by atoms with Crippen molar-refractivity contribution < 1.29 is 9.18 Å². The molecule has 1 aliphatic heterocycles. The summed E-state index contributed by atoms with van der Waals surface area (Å²) in [6.07, 6.45) is 0.577. The Kier molecular flexibility index (Phi) is 4.49. The summed E-state index contributed by atoms with van der Waals surface area (Å²) >= 11 is 0. The van der Waals surface area contributed by atoms with Gasteiger partial charge in [-0.1, -0.05) is 48.5 Å². The number of carbonyl (C=O) groups excluding carboxylic acids is 1. The Balaban J connectivity index is 1.81. The average Bonchev–Trinajstić information content (AvgIpc) is 2.46. The second-order valence-corrected chi connectivity index (χ2v) is 5.63. The highest BCUT2D eigenvalue weighted by Gasteiger charge is 2.27. The van der Waals surface area contributed by atoms with Crippen molar-refractivity contribution in [1.82, 2.24) is 10.6 Å². The molecule has 1 heterocycles. The molecule has 0 radical (unpaired) electrons. The fourth-order valence-electron chi connectivity index (χ4n) is 2.61. The van der Waals surface area contributed by atoms with Crippen LogP contribution < -0.4 is 10.6 Å². The van der Waals surface area contributed by atoms with Crippen molar-refractivity contribution in [2.45, 2.75) is 12.5 Å². The molecular formula is C18H19FN2O. The summed E-state index contributed by atoms with van der Waals surface area (Å²) in [5, 5.41) is 6.09.